The molecular formula is C15H24N2O3. The molecule has 5 nitrogen and oxygen atoms in total. The van der Waals surface area contributed by atoms with Crippen LogP contribution in [0.15, 0.2) is 18.2 Å². The highest BCUT2D eigenvalue weighted by Gasteiger charge is 2.16. The zero-order valence-corrected chi connectivity index (χ0v) is 12.7. The van der Waals surface area contributed by atoms with Crippen LogP contribution in [0.4, 0.5) is 0 Å². The van der Waals surface area contributed by atoms with E-state index < -0.39 is 6.10 Å². The van der Waals surface area contributed by atoms with E-state index in [1.807, 2.05) is 32.2 Å². The quantitative estimate of drug-likeness (QED) is 0.761. The van der Waals surface area contributed by atoms with Gasteiger partial charge in [0.1, 0.15) is 11.5 Å². The third-order valence-electron chi connectivity index (χ3n) is 2.86. The molecule has 0 aromatic heterocycles. The highest BCUT2D eigenvalue weighted by atomic mass is 16.5. The minimum Gasteiger partial charge on any atom is -0.497 e. The number of hydrogen-bond donors (Lipinski definition) is 2. The molecule has 0 aliphatic rings. The van der Waals surface area contributed by atoms with E-state index in [0.29, 0.717) is 18.8 Å². The Balaban J connectivity index is 2.77. The van der Waals surface area contributed by atoms with Crippen LogP contribution in [0, 0.1) is 0 Å². The van der Waals surface area contributed by atoms with Crippen molar-refractivity contribution in [3.05, 3.63) is 23.8 Å². The molecule has 1 atom stereocenters. The predicted molar refractivity (Wildman–Crippen MR) is 79.1 cm³/mol. The first-order valence-corrected chi connectivity index (χ1v) is 6.88. The van der Waals surface area contributed by atoms with Crippen molar-refractivity contribution in [2.24, 2.45) is 0 Å². The number of carbonyl (C=O) groups is 1. The topological polar surface area (TPSA) is 59.6 Å². The van der Waals surface area contributed by atoms with Gasteiger partial charge >= 0.3 is 0 Å². The molecule has 1 unspecified atom stereocenters. The van der Waals surface area contributed by atoms with Gasteiger partial charge in [-0.3, -0.25) is 4.79 Å². The number of rotatable bonds is 8. The third-order valence-corrected chi connectivity index (χ3v) is 2.86. The first-order valence-electron chi connectivity index (χ1n) is 6.88. The Morgan fingerprint density at radius 1 is 1.40 bits per heavy atom. The highest BCUT2D eigenvalue weighted by molar-refractivity contribution is 5.80. The molecule has 1 aromatic carbocycles. The lowest BCUT2D eigenvalue weighted by atomic mass is 10.2. The van der Waals surface area contributed by atoms with Gasteiger partial charge in [-0.2, -0.15) is 0 Å². The summed E-state index contributed by atoms with van der Waals surface area (Å²) >= 11 is 0. The van der Waals surface area contributed by atoms with E-state index in [0.717, 1.165) is 17.7 Å². The van der Waals surface area contributed by atoms with Gasteiger partial charge < -0.3 is 20.1 Å². The van der Waals surface area contributed by atoms with Gasteiger partial charge in [-0.05, 0) is 38.6 Å². The second kappa shape index (κ2) is 8.43. The molecular weight excluding hydrogens is 256 g/mol. The second-order valence-electron chi connectivity index (χ2n) is 4.56. The molecule has 0 radical (unpaired) electrons. The Labute approximate surface area is 120 Å². The summed E-state index contributed by atoms with van der Waals surface area (Å²) in [5.74, 6) is 1.36. The molecule has 0 saturated carbocycles. The van der Waals surface area contributed by atoms with E-state index in [1.165, 1.54) is 0 Å². The van der Waals surface area contributed by atoms with Crippen LogP contribution < -0.4 is 20.1 Å². The Hall–Kier alpha value is -1.75. The minimum atomic E-state index is -0.523. The number of nitrogens with one attached hydrogen (secondary N) is 2. The largest absolute Gasteiger partial charge is 0.497 e. The van der Waals surface area contributed by atoms with Crippen molar-refractivity contribution in [2.45, 2.75) is 32.9 Å². The number of methoxy groups -OCH3 is 1. The summed E-state index contributed by atoms with van der Waals surface area (Å²) in [4.78, 5) is 11.8. The van der Waals surface area contributed by atoms with Gasteiger partial charge in [0.25, 0.3) is 5.91 Å². The van der Waals surface area contributed by atoms with Crippen LogP contribution >= 0.6 is 0 Å². The predicted octanol–water partition coefficient (Wildman–Crippen LogP) is 1.71. The molecule has 1 rings (SSSR count). The van der Waals surface area contributed by atoms with Crippen LogP contribution in [0.3, 0.4) is 0 Å². The lowest BCUT2D eigenvalue weighted by molar-refractivity contribution is -0.127. The maximum Gasteiger partial charge on any atom is 0.260 e. The highest BCUT2D eigenvalue weighted by Crippen LogP contribution is 2.25. The first kappa shape index (κ1) is 16.3. The summed E-state index contributed by atoms with van der Waals surface area (Å²) in [7, 11) is 3.49. The van der Waals surface area contributed by atoms with E-state index in [4.69, 9.17) is 9.47 Å². The van der Waals surface area contributed by atoms with Gasteiger partial charge in [-0.15, -0.1) is 0 Å². The fourth-order valence-electron chi connectivity index (χ4n) is 1.76. The van der Waals surface area contributed by atoms with E-state index >= 15 is 0 Å². The van der Waals surface area contributed by atoms with Crippen molar-refractivity contribution in [3.63, 3.8) is 0 Å². The molecule has 0 aliphatic heterocycles. The van der Waals surface area contributed by atoms with Crippen LogP contribution in [0.25, 0.3) is 0 Å². The molecule has 0 heterocycles. The molecule has 20 heavy (non-hydrogen) atoms. The molecule has 112 valence electrons. The van der Waals surface area contributed by atoms with Crippen LogP contribution in [0.5, 0.6) is 11.5 Å². The monoisotopic (exact) mass is 280 g/mol. The summed E-state index contributed by atoms with van der Waals surface area (Å²) in [6.07, 6.45) is 0.386. The lowest BCUT2D eigenvalue weighted by Crippen LogP contribution is -2.36. The summed E-state index contributed by atoms with van der Waals surface area (Å²) in [6, 6.07) is 5.56. The normalized spacial score (nSPS) is 11.8. The zero-order chi connectivity index (χ0) is 15.0. The van der Waals surface area contributed by atoms with E-state index in [9.17, 15) is 4.79 Å². The lowest BCUT2D eigenvalue weighted by Gasteiger charge is -2.17. The number of carbonyl (C=O) groups excluding carboxylic acids is 1. The molecule has 0 aliphatic carbocycles. The molecule has 1 amide bonds. The van der Waals surface area contributed by atoms with Crippen LogP contribution in [0.1, 0.15) is 25.8 Å². The SMILES string of the molecule is CCCNC(=O)C(C)Oc1ccc(OC)cc1CNC. The molecule has 0 bridgehead atoms. The maximum atomic E-state index is 11.8. The number of benzene rings is 1. The first-order chi connectivity index (χ1) is 9.62. The zero-order valence-electron chi connectivity index (χ0n) is 12.7. The Kier molecular flexibility index (Phi) is 6.87. The fraction of sp³-hybridized carbons (Fsp3) is 0.533. The van der Waals surface area contributed by atoms with Gasteiger partial charge in [0.15, 0.2) is 6.10 Å². The molecule has 1 aromatic rings. The van der Waals surface area contributed by atoms with Gasteiger partial charge in [0.05, 0.1) is 7.11 Å². The maximum absolute atomic E-state index is 11.8. The van der Waals surface area contributed by atoms with Crippen molar-refractivity contribution in [2.75, 3.05) is 20.7 Å². The number of hydrogen-bond acceptors (Lipinski definition) is 4. The van der Waals surface area contributed by atoms with Gasteiger partial charge in [0.2, 0.25) is 0 Å². The molecule has 2 N–H and O–H groups in total. The van der Waals surface area contributed by atoms with Gasteiger partial charge in [-0.25, -0.2) is 0 Å². The Morgan fingerprint density at radius 2 is 2.15 bits per heavy atom. The van der Waals surface area contributed by atoms with Crippen LogP contribution in [-0.4, -0.2) is 32.7 Å². The van der Waals surface area contributed by atoms with Crippen molar-refractivity contribution in [1.82, 2.24) is 10.6 Å². The molecule has 0 fully saturated rings. The Bertz CT molecular complexity index is 435. The standard InChI is InChI=1S/C15H24N2O3/c1-5-8-17-15(18)11(2)20-14-7-6-13(19-4)9-12(14)10-16-3/h6-7,9,11,16H,5,8,10H2,1-4H3,(H,17,18). The van der Waals surface area contributed by atoms with Crippen molar-refractivity contribution in [1.29, 1.82) is 0 Å². The smallest absolute Gasteiger partial charge is 0.260 e. The molecule has 0 saturated heterocycles. The number of amides is 1. The number of ether oxygens (including phenoxy) is 2. The third kappa shape index (κ3) is 4.74. The summed E-state index contributed by atoms with van der Waals surface area (Å²) in [6.45, 7) is 5.08. The fourth-order valence-corrected chi connectivity index (χ4v) is 1.76. The Morgan fingerprint density at radius 3 is 2.75 bits per heavy atom. The van der Waals surface area contributed by atoms with Crippen LogP contribution in [0.2, 0.25) is 0 Å². The van der Waals surface area contributed by atoms with Gasteiger partial charge in [-0.1, -0.05) is 6.92 Å². The summed E-state index contributed by atoms with van der Waals surface area (Å²) < 4.78 is 10.9. The second-order valence-corrected chi connectivity index (χ2v) is 4.56. The van der Waals surface area contributed by atoms with Crippen LogP contribution in [-0.2, 0) is 11.3 Å². The average Bonchev–Trinajstić information content (AvgIpc) is 2.46. The van der Waals surface area contributed by atoms with E-state index in [-0.39, 0.29) is 5.91 Å². The average molecular weight is 280 g/mol. The van der Waals surface area contributed by atoms with Crippen molar-refractivity contribution < 1.29 is 14.3 Å². The van der Waals surface area contributed by atoms with Crippen molar-refractivity contribution >= 4 is 5.91 Å². The van der Waals surface area contributed by atoms with Gasteiger partial charge in [0, 0.05) is 18.7 Å². The minimum absolute atomic E-state index is 0.0990. The molecule has 5 heteroatoms. The van der Waals surface area contributed by atoms with E-state index in [1.54, 1.807) is 14.0 Å². The van der Waals surface area contributed by atoms with E-state index in [2.05, 4.69) is 10.6 Å². The van der Waals surface area contributed by atoms with Crippen molar-refractivity contribution in [3.8, 4) is 11.5 Å². The summed E-state index contributed by atoms with van der Waals surface area (Å²) in [5.41, 5.74) is 0.960. The summed E-state index contributed by atoms with van der Waals surface area (Å²) in [5, 5.41) is 5.90. The molecule has 0 spiro atoms.